The number of aryl methyl sites for hydroxylation is 1. The molecule has 4 nitrogen and oxygen atoms in total. The molecule has 22 heavy (non-hydrogen) atoms. The number of thiophene rings is 1. The molecule has 5 heteroatoms. The highest BCUT2D eigenvalue weighted by atomic mass is 32.1. The molecule has 1 unspecified atom stereocenters. The Morgan fingerprint density at radius 1 is 1.32 bits per heavy atom. The van der Waals surface area contributed by atoms with Gasteiger partial charge in [0.05, 0.1) is 6.54 Å². The number of aliphatic imine (C=N–C) groups is 1. The predicted octanol–water partition coefficient (Wildman–Crippen LogP) is 2.85. The lowest BCUT2D eigenvalue weighted by Crippen LogP contribution is -2.45. The van der Waals surface area contributed by atoms with Crippen molar-refractivity contribution in [2.45, 2.75) is 58.7 Å². The monoisotopic (exact) mass is 322 g/mol. The Bertz CT molecular complexity index is 479. The third-order valence-corrected chi connectivity index (χ3v) is 5.40. The lowest BCUT2D eigenvalue weighted by atomic mass is 10.3. The van der Waals surface area contributed by atoms with Gasteiger partial charge in [-0.1, -0.05) is 6.92 Å². The molecule has 1 atom stereocenters. The normalized spacial score (nSPS) is 16.9. The van der Waals surface area contributed by atoms with E-state index >= 15 is 0 Å². The average molecular weight is 323 g/mol. The van der Waals surface area contributed by atoms with Crippen LogP contribution in [0.5, 0.6) is 0 Å². The molecule has 1 aliphatic rings. The van der Waals surface area contributed by atoms with Crippen molar-refractivity contribution >= 4 is 17.3 Å². The zero-order chi connectivity index (χ0) is 15.9. The topological polar surface area (TPSA) is 39.7 Å². The van der Waals surface area contributed by atoms with Gasteiger partial charge in [-0.05, 0) is 52.3 Å². The Hall–Kier alpha value is -1.07. The number of likely N-dealkylation sites (N-methyl/N-ethyl adjacent to an activating group) is 1. The number of nitrogens with zero attached hydrogens (tertiary/aromatic N) is 2. The molecule has 1 aromatic rings. The molecular formula is C17H30N4S. The van der Waals surface area contributed by atoms with Crippen LogP contribution in [-0.4, -0.2) is 43.1 Å². The zero-order valence-corrected chi connectivity index (χ0v) is 15.2. The molecule has 2 N–H and O–H groups in total. The van der Waals surface area contributed by atoms with Crippen LogP contribution in [0.15, 0.2) is 17.1 Å². The molecule has 124 valence electrons. The molecule has 2 rings (SSSR count). The molecule has 1 fully saturated rings. The van der Waals surface area contributed by atoms with Gasteiger partial charge in [0.25, 0.3) is 0 Å². The van der Waals surface area contributed by atoms with Crippen molar-refractivity contribution in [1.29, 1.82) is 0 Å². The van der Waals surface area contributed by atoms with E-state index in [-0.39, 0.29) is 0 Å². The van der Waals surface area contributed by atoms with Gasteiger partial charge in [-0.25, -0.2) is 4.99 Å². The minimum Gasteiger partial charge on any atom is -0.357 e. The van der Waals surface area contributed by atoms with E-state index in [9.17, 15) is 0 Å². The Labute approximate surface area is 139 Å². The van der Waals surface area contributed by atoms with Crippen molar-refractivity contribution in [3.8, 4) is 0 Å². The van der Waals surface area contributed by atoms with Crippen molar-refractivity contribution in [2.75, 3.05) is 20.1 Å². The number of guanidine groups is 1. The number of nitrogens with one attached hydrogen (secondary N) is 2. The summed E-state index contributed by atoms with van der Waals surface area (Å²) in [7, 11) is 2.23. The molecule has 1 heterocycles. The number of hydrogen-bond donors (Lipinski definition) is 2. The van der Waals surface area contributed by atoms with E-state index in [0.29, 0.717) is 6.04 Å². The molecule has 0 bridgehead atoms. The minimum absolute atomic E-state index is 0.532. The Morgan fingerprint density at radius 2 is 2.05 bits per heavy atom. The maximum atomic E-state index is 4.71. The molecule has 0 aromatic carbocycles. The SMILES string of the molecule is CCNC(=NCc1ccc(CC)s1)NCC(C)N(C)C1CC1. The molecule has 0 aliphatic heterocycles. The molecule has 1 aliphatic carbocycles. The highest BCUT2D eigenvalue weighted by Crippen LogP contribution is 2.26. The van der Waals surface area contributed by atoms with Gasteiger partial charge in [0.15, 0.2) is 5.96 Å². The van der Waals surface area contributed by atoms with E-state index in [1.165, 1.54) is 22.6 Å². The van der Waals surface area contributed by atoms with Crippen molar-refractivity contribution in [1.82, 2.24) is 15.5 Å². The fourth-order valence-corrected chi connectivity index (χ4v) is 3.31. The molecule has 0 saturated heterocycles. The maximum Gasteiger partial charge on any atom is 0.191 e. The van der Waals surface area contributed by atoms with Gasteiger partial charge in [0.1, 0.15) is 0 Å². The van der Waals surface area contributed by atoms with E-state index in [1.54, 1.807) is 0 Å². The lowest BCUT2D eigenvalue weighted by Gasteiger charge is -2.25. The molecule has 0 spiro atoms. The summed E-state index contributed by atoms with van der Waals surface area (Å²) in [6, 6.07) is 5.74. The van der Waals surface area contributed by atoms with Gasteiger partial charge in [-0.3, -0.25) is 4.90 Å². The Balaban J connectivity index is 1.83. The van der Waals surface area contributed by atoms with Gasteiger partial charge in [-0.15, -0.1) is 11.3 Å². The third-order valence-electron chi connectivity index (χ3n) is 4.19. The van der Waals surface area contributed by atoms with Crippen LogP contribution in [0.4, 0.5) is 0 Å². The number of hydrogen-bond acceptors (Lipinski definition) is 3. The second kappa shape index (κ2) is 8.53. The second-order valence-corrected chi connectivity index (χ2v) is 7.30. The van der Waals surface area contributed by atoms with Crippen molar-refractivity contribution in [2.24, 2.45) is 4.99 Å². The van der Waals surface area contributed by atoms with E-state index in [1.807, 2.05) is 11.3 Å². The molecule has 0 amide bonds. The van der Waals surface area contributed by atoms with Gasteiger partial charge in [-0.2, -0.15) is 0 Å². The smallest absolute Gasteiger partial charge is 0.191 e. The van der Waals surface area contributed by atoms with E-state index < -0.39 is 0 Å². The van der Waals surface area contributed by atoms with Crippen LogP contribution in [-0.2, 0) is 13.0 Å². The van der Waals surface area contributed by atoms with Crippen LogP contribution in [0.25, 0.3) is 0 Å². The summed E-state index contributed by atoms with van der Waals surface area (Å²) in [4.78, 5) is 9.95. The summed E-state index contributed by atoms with van der Waals surface area (Å²) in [6.45, 7) is 9.17. The second-order valence-electron chi connectivity index (χ2n) is 6.04. The first-order chi connectivity index (χ1) is 10.6. The van der Waals surface area contributed by atoms with E-state index in [2.05, 4.69) is 55.5 Å². The quantitative estimate of drug-likeness (QED) is 0.571. The van der Waals surface area contributed by atoms with Crippen LogP contribution in [0.3, 0.4) is 0 Å². The lowest BCUT2D eigenvalue weighted by molar-refractivity contribution is 0.247. The van der Waals surface area contributed by atoms with Crippen LogP contribution in [0.1, 0.15) is 43.4 Å². The predicted molar refractivity (Wildman–Crippen MR) is 96.8 cm³/mol. The average Bonchev–Trinajstić information content (AvgIpc) is 3.27. The van der Waals surface area contributed by atoms with Crippen molar-refractivity contribution in [3.63, 3.8) is 0 Å². The minimum atomic E-state index is 0.532. The Kier molecular flexibility index (Phi) is 6.70. The molecule has 1 aromatic heterocycles. The molecule has 1 saturated carbocycles. The summed E-state index contributed by atoms with van der Waals surface area (Å²) in [5.74, 6) is 0.921. The fourth-order valence-electron chi connectivity index (χ4n) is 2.43. The van der Waals surface area contributed by atoms with Gasteiger partial charge < -0.3 is 10.6 Å². The first-order valence-corrected chi connectivity index (χ1v) is 9.27. The standard InChI is InChI=1S/C17H30N4S/c1-5-15-9-10-16(22-15)12-20-17(18-6-2)19-11-13(3)21(4)14-7-8-14/h9-10,13-14H,5-8,11-12H2,1-4H3,(H2,18,19,20). The molecule has 0 radical (unpaired) electrons. The van der Waals surface area contributed by atoms with Crippen LogP contribution < -0.4 is 10.6 Å². The van der Waals surface area contributed by atoms with E-state index in [0.717, 1.165) is 38.1 Å². The summed E-state index contributed by atoms with van der Waals surface area (Å²) >= 11 is 1.86. The van der Waals surface area contributed by atoms with Crippen LogP contribution in [0.2, 0.25) is 0 Å². The van der Waals surface area contributed by atoms with Gasteiger partial charge >= 0.3 is 0 Å². The third kappa shape index (κ3) is 5.29. The highest BCUT2D eigenvalue weighted by Gasteiger charge is 2.28. The highest BCUT2D eigenvalue weighted by molar-refractivity contribution is 7.11. The van der Waals surface area contributed by atoms with E-state index in [4.69, 9.17) is 4.99 Å². The van der Waals surface area contributed by atoms with Crippen LogP contribution >= 0.6 is 11.3 Å². The van der Waals surface area contributed by atoms with Crippen molar-refractivity contribution in [3.05, 3.63) is 21.9 Å². The van der Waals surface area contributed by atoms with Gasteiger partial charge in [0.2, 0.25) is 0 Å². The largest absolute Gasteiger partial charge is 0.357 e. The number of rotatable bonds is 8. The first kappa shape index (κ1) is 17.3. The zero-order valence-electron chi connectivity index (χ0n) is 14.4. The summed E-state index contributed by atoms with van der Waals surface area (Å²) < 4.78 is 0. The fraction of sp³-hybridized carbons (Fsp3) is 0.706. The molecular weight excluding hydrogens is 292 g/mol. The maximum absolute atomic E-state index is 4.71. The van der Waals surface area contributed by atoms with Gasteiger partial charge in [0, 0.05) is 34.9 Å². The summed E-state index contributed by atoms with van der Waals surface area (Å²) in [5, 5.41) is 6.81. The summed E-state index contributed by atoms with van der Waals surface area (Å²) in [6.07, 6.45) is 3.82. The van der Waals surface area contributed by atoms with Crippen LogP contribution in [0, 0.1) is 0 Å². The van der Waals surface area contributed by atoms with Crippen molar-refractivity contribution < 1.29 is 0 Å². The first-order valence-electron chi connectivity index (χ1n) is 8.45. The Morgan fingerprint density at radius 3 is 2.64 bits per heavy atom. The summed E-state index contributed by atoms with van der Waals surface area (Å²) in [5.41, 5.74) is 0.